The molecule has 1 aliphatic heterocycles. The molecule has 0 N–H and O–H groups in total. The number of ether oxygens (including phenoxy) is 1. The summed E-state index contributed by atoms with van der Waals surface area (Å²) in [5, 5.41) is 3.85. The minimum absolute atomic E-state index is 0.240. The molecule has 6 nitrogen and oxygen atoms in total. The third-order valence-corrected chi connectivity index (χ3v) is 3.96. The van der Waals surface area contributed by atoms with Crippen molar-refractivity contribution in [1.29, 1.82) is 0 Å². The molecule has 1 saturated heterocycles. The summed E-state index contributed by atoms with van der Waals surface area (Å²) in [6, 6.07) is 1.21. The maximum atomic E-state index is 12.5. The fourth-order valence-electron chi connectivity index (χ4n) is 2.65. The molecule has 1 unspecified atom stereocenters. The Morgan fingerprint density at radius 3 is 2.85 bits per heavy atom. The number of nitrogens with zero attached hydrogens (tertiary/aromatic N) is 2. The second-order valence-electron chi connectivity index (χ2n) is 5.42. The molecule has 0 aromatic carbocycles. The van der Waals surface area contributed by atoms with Crippen molar-refractivity contribution in [2.24, 2.45) is 0 Å². The van der Waals surface area contributed by atoms with Gasteiger partial charge in [-0.05, 0) is 32.1 Å². The van der Waals surface area contributed by atoms with Gasteiger partial charge >= 0.3 is 5.97 Å². The van der Waals surface area contributed by atoms with Gasteiger partial charge in [0.1, 0.15) is 11.8 Å². The normalized spacial score (nSPS) is 22.6. The third kappa shape index (κ3) is 2.42. The van der Waals surface area contributed by atoms with Gasteiger partial charge in [0.15, 0.2) is 5.69 Å². The van der Waals surface area contributed by atoms with E-state index in [1.165, 1.54) is 7.11 Å². The minimum Gasteiger partial charge on any atom is -0.467 e. The van der Waals surface area contributed by atoms with Crippen molar-refractivity contribution in [3.05, 3.63) is 17.5 Å². The second-order valence-corrected chi connectivity index (χ2v) is 5.42. The van der Waals surface area contributed by atoms with Gasteiger partial charge in [-0.25, -0.2) is 4.79 Å². The first kappa shape index (κ1) is 13.1. The summed E-state index contributed by atoms with van der Waals surface area (Å²) in [5.41, 5.74) is 0.294. The molecule has 20 heavy (non-hydrogen) atoms. The highest BCUT2D eigenvalue weighted by atomic mass is 16.5. The number of hydrogen-bond donors (Lipinski definition) is 0. The molecule has 1 amide bonds. The molecule has 1 aromatic heterocycles. The van der Waals surface area contributed by atoms with Gasteiger partial charge in [-0.15, -0.1) is 0 Å². The number of carbonyl (C=O) groups is 2. The molecule has 108 valence electrons. The Labute approximate surface area is 117 Å². The topological polar surface area (TPSA) is 72.6 Å². The predicted octanol–water partition coefficient (Wildman–Crippen LogP) is 1.72. The fourth-order valence-corrected chi connectivity index (χ4v) is 2.65. The smallest absolute Gasteiger partial charge is 0.328 e. The van der Waals surface area contributed by atoms with Gasteiger partial charge < -0.3 is 14.2 Å². The average molecular weight is 278 g/mol. The number of rotatable bonds is 3. The predicted molar refractivity (Wildman–Crippen MR) is 69.2 cm³/mol. The van der Waals surface area contributed by atoms with Crippen LogP contribution < -0.4 is 0 Å². The number of carbonyl (C=O) groups excluding carboxylic acids is 2. The van der Waals surface area contributed by atoms with Gasteiger partial charge in [0.2, 0.25) is 0 Å². The van der Waals surface area contributed by atoms with E-state index in [9.17, 15) is 9.59 Å². The first-order valence-corrected chi connectivity index (χ1v) is 7.06. The molecule has 2 fully saturated rings. The van der Waals surface area contributed by atoms with Crippen LogP contribution in [0.25, 0.3) is 0 Å². The van der Waals surface area contributed by atoms with Crippen LogP contribution in [0.15, 0.2) is 10.6 Å². The van der Waals surface area contributed by atoms with E-state index in [1.54, 1.807) is 11.0 Å². The first-order chi connectivity index (χ1) is 9.70. The van der Waals surface area contributed by atoms with E-state index in [0.29, 0.717) is 24.6 Å². The Morgan fingerprint density at radius 2 is 2.15 bits per heavy atom. The lowest BCUT2D eigenvalue weighted by molar-refractivity contribution is -0.147. The number of piperidine rings is 1. The lowest BCUT2D eigenvalue weighted by Crippen LogP contribution is -2.48. The van der Waals surface area contributed by atoms with Crippen LogP contribution in [-0.2, 0) is 9.53 Å². The third-order valence-electron chi connectivity index (χ3n) is 3.96. The van der Waals surface area contributed by atoms with Crippen molar-refractivity contribution < 1.29 is 18.8 Å². The van der Waals surface area contributed by atoms with Gasteiger partial charge in [-0.3, -0.25) is 4.79 Å². The Hall–Kier alpha value is -1.85. The summed E-state index contributed by atoms with van der Waals surface area (Å²) in [6.45, 7) is 0.560. The maximum Gasteiger partial charge on any atom is 0.328 e. The highest BCUT2D eigenvalue weighted by molar-refractivity contribution is 5.95. The standard InChI is InChI=1S/C14H18N2O4/c1-19-14(18)11-4-2-3-7-16(11)13(17)10-8-12(20-15-10)9-5-6-9/h8-9,11H,2-7H2,1H3. The molecule has 0 radical (unpaired) electrons. The Balaban J connectivity index is 1.77. The van der Waals surface area contributed by atoms with Crippen LogP contribution in [0.4, 0.5) is 0 Å². The van der Waals surface area contributed by atoms with Gasteiger partial charge in [-0.1, -0.05) is 5.16 Å². The summed E-state index contributed by atoms with van der Waals surface area (Å²) in [6.07, 6.45) is 4.66. The quantitative estimate of drug-likeness (QED) is 0.787. The van der Waals surface area contributed by atoms with Gasteiger partial charge in [-0.2, -0.15) is 0 Å². The molecule has 1 aromatic rings. The molecule has 0 spiro atoms. The van der Waals surface area contributed by atoms with Crippen molar-refractivity contribution in [3.8, 4) is 0 Å². The molecule has 1 atom stereocenters. The van der Waals surface area contributed by atoms with Crippen LogP contribution in [0.3, 0.4) is 0 Å². The summed E-state index contributed by atoms with van der Waals surface area (Å²) in [5.74, 6) is 0.599. The molecule has 0 bridgehead atoms. The van der Waals surface area contributed by atoms with E-state index in [-0.39, 0.29) is 11.9 Å². The number of amides is 1. The summed E-state index contributed by atoms with van der Waals surface area (Å²) >= 11 is 0. The fraction of sp³-hybridized carbons (Fsp3) is 0.643. The van der Waals surface area contributed by atoms with E-state index < -0.39 is 6.04 Å². The largest absolute Gasteiger partial charge is 0.467 e. The number of esters is 1. The lowest BCUT2D eigenvalue weighted by atomic mass is 10.0. The number of aromatic nitrogens is 1. The van der Waals surface area contributed by atoms with E-state index in [1.807, 2.05) is 0 Å². The molecule has 1 saturated carbocycles. The number of methoxy groups -OCH3 is 1. The first-order valence-electron chi connectivity index (χ1n) is 7.06. The van der Waals surface area contributed by atoms with E-state index in [2.05, 4.69) is 5.16 Å². The Morgan fingerprint density at radius 1 is 1.35 bits per heavy atom. The second kappa shape index (κ2) is 5.26. The zero-order valence-electron chi connectivity index (χ0n) is 11.5. The van der Waals surface area contributed by atoms with E-state index in [0.717, 1.165) is 31.4 Å². The zero-order valence-corrected chi connectivity index (χ0v) is 11.5. The van der Waals surface area contributed by atoms with Crippen LogP contribution in [0.5, 0.6) is 0 Å². The van der Waals surface area contributed by atoms with Crippen LogP contribution >= 0.6 is 0 Å². The van der Waals surface area contributed by atoms with Crippen LogP contribution in [-0.4, -0.2) is 41.6 Å². The molecular formula is C14H18N2O4. The molecule has 2 heterocycles. The molecular weight excluding hydrogens is 260 g/mol. The summed E-state index contributed by atoms with van der Waals surface area (Å²) < 4.78 is 9.99. The molecule has 1 aliphatic carbocycles. The minimum atomic E-state index is -0.498. The molecule has 6 heteroatoms. The number of hydrogen-bond acceptors (Lipinski definition) is 5. The van der Waals surface area contributed by atoms with Crippen molar-refractivity contribution in [1.82, 2.24) is 10.1 Å². The average Bonchev–Trinajstić information content (AvgIpc) is 3.23. The Bertz CT molecular complexity index is 521. The van der Waals surface area contributed by atoms with Crippen molar-refractivity contribution in [3.63, 3.8) is 0 Å². The van der Waals surface area contributed by atoms with Gasteiger partial charge in [0.05, 0.1) is 7.11 Å². The van der Waals surface area contributed by atoms with Crippen molar-refractivity contribution >= 4 is 11.9 Å². The van der Waals surface area contributed by atoms with E-state index >= 15 is 0 Å². The zero-order chi connectivity index (χ0) is 14.1. The van der Waals surface area contributed by atoms with Crippen LogP contribution in [0.1, 0.15) is 54.3 Å². The molecule has 3 rings (SSSR count). The van der Waals surface area contributed by atoms with Gasteiger partial charge in [0.25, 0.3) is 5.91 Å². The molecule has 2 aliphatic rings. The summed E-state index contributed by atoms with van der Waals surface area (Å²) in [7, 11) is 1.35. The maximum absolute atomic E-state index is 12.5. The van der Waals surface area contributed by atoms with Crippen molar-refractivity contribution in [2.75, 3.05) is 13.7 Å². The van der Waals surface area contributed by atoms with Gasteiger partial charge in [0, 0.05) is 18.5 Å². The van der Waals surface area contributed by atoms with Crippen LogP contribution in [0.2, 0.25) is 0 Å². The lowest BCUT2D eigenvalue weighted by Gasteiger charge is -2.33. The highest BCUT2D eigenvalue weighted by Gasteiger charge is 2.35. The summed E-state index contributed by atoms with van der Waals surface area (Å²) in [4.78, 5) is 25.8. The monoisotopic (exact) mass is 278 g/mol. The van der Waals surface area contributed by atoms with E-state index in [4.69, 9.17) is 9.26 Å². The number of likely N-dealkylation sites (tertiary alicyclic amines) is 1. The highest BCUT2D eigenvalue weighted by Crippen LogP contribution is 2.40. The Kier molecular flexibility index (Phi) is 3.46. The van der Waals surface area contributed by atoms with Crippen LogP contribution in [0, 0.1) is 0 Å². The van der Waals surface area contributed by atoms with Crippen molar-refractivity contribution in [2.45, 2.75) is 44.1 Å². The SMILES string of the molecule is COC(=O)C1CCCCN1C(=O)c1cc(C2CC2)on1.